The number of aromatic nitrogens is 4. The smallest absolute Gasteiger partial charge is 0.421 e. The molecule has 4 heterocycles. The van der Waals surface area contributed by atoms with Crippen LogP contribution in [0.4, 0.5) is 36.3 Å². The van der Waals surface area contributed by atoms with Gasteiger partial charge in [-0.05, 0) is 83.8 Å². The van der Waals surface area contributed by atoms with Crippen LogP contribution >= 0.6 is 0 Å². The van der Waals surface area contributed by atoms with Gasteiger partial charge in [0.1, 0.15) is 28.9 Å². The summed E-state index contributed by atoms with van der Waals surface area (Å²) in [5.41, 5.74) is 3.54. The molecule has 1 saturated heterocycles. The summed E-state index contributed by atoms with van der Waals surface area (Å²) in [6.45, 7) is 9.83. The summed E-state index contributed by atoms with van der Waals surface area (Å²) in [5.74, 6) is 0.969. The van der Waals surface area contributed by atoms with E-state index in [0.29, 0.717) is 11.6 Å². The highest BCUT2D eigenvalue weighted by Gasteiger charge is 2.36. The summed E-state index contributed by atoms with van der Waals surface area (Å²) < 4.78 is 55.2. The van der Waals surface area contributed by atoms with Crippen molar-refractivity contribution >= 4 is 23.1 Å². The summed E-state index contributed by atoms with van der Waals surface area (Å²) in [6.07, 6.45) is 0.379. The average Bonchev–Trinajstić information content (AvgIpc) is 3.40. The summed E-state index contributed by atoms with van der Waals surface area (Å²) >= 11 is 0. The zero-order valence-electron chi connectivity index (χ0n) is 23.7. The number of benzene rings is 1. The second-order valence-corrected chi connectivity index (χ2v) is 11.1. The Morgan fingerprint density at radius 3 is 2.52 bits per heavy atom. The van der Waals surface area contributed by atoms with Crippen LogP contribution in [-0.4, -0.2) is 57.0 Å². The number of halogens is 3. The minimum absolute atomic E-state index is 0.00178. The minimum Gasteiger partial charge on any atom is -0.488 e. The van der Waals surface area contributed by atoms with E-state index in [4.69, 9.17) is 9.47 Å². The minimum atomic E-state index is -4.67. The molecular formula is C28H36F3N7O2. The number of likely N-dealkylation sites (tertiary alicyclic amines) is 1. The van der Waals surface area contributed by atoms with Crippen molar-refractivity contribution in [3.8, 4) is 11.6 Å². The molecule has 0 spiro atoms. The Hall–Kier alpha value is -3.54. The van der Waals surface area contributed by atoms with Crippen LogP contribution in [0.25, 0.3) is 0 Å². The van der Waals surface area contributed by atoms with Crippen LogP contribution in [0, 0.1) is 6.92 Å². The van der Waals surface area contributed by atoms with Gasteiger partial charge in [-0.3, -0.25) is 4.68 Å². The molecule has 0 aliphatic carbocycles. The number of piperidine rings is 1. The summed E-state index contributed by atoms with van der Waals surface area (Å²) in [4.78, 5) is 10.6. The molecule has 0 saturated carbocycles. The maximum atomic E-state index is 13.9. The summed E-state index contributed by atoms with van der Waals surface area (Å²) in [7, 11) is 3.81. The molecule has 216 valence electrons. The fourth-order valence-electron chi connectivity index (χ4n) is 5.57. The topological polar surface area (TPSA) is 89.4 Å². The zero-order valence-corrected chi connectivity index (χ0v) is 23.7. The van der Waals surface area contributed by atoms with Crippen LogP contribution in [-0.2, 0) is 19.6 Å². The van der Waals surface area contributed by atoms with Gasteiger partial charge < -0.3 is 25.0 Å². The highest BCUT2D eigenvalue weighted by atomic mass is 19.4. The normalized spacial score (nSPS) is 18.1. The number of anilines is 4. The zero-order chi connectivity index (χ0) is 28.8. The van der Waals surface area contributed by atoms with Gasteiger partial charge in [0.2, 0.25) is 5.95 Å². The lowest BCUT2D eigenvalue weighted by Crippen LogP contribution is -2.29. The number of nitrogens with zero attached hydrogens (tertiary/aromatic N) is 5. The van der Waals surface area contributed by atoms with Crippen molar-refractivity contribution < 1.29 is 22.6 Å². The predicted molar refractivity (Wildman–Crippen MR) is 147 cm³/mol. The predicted octanol–water partition coefficient (Wildman–Crippen LogP) is 5.94. The molecule has 1 atom stereocenters. The van der Waals surface area contributed by atoms with E-state index < -0.39 is 17.6 Å². The largest absolute Gasteiger partial charge is 0.488 e. The maximum Gasteiger partial charge on any atom is 0.421 e. The standard InChI is InChI=1S/C28H36F3N7O2/c1-15(2)39-26-22(14-38(6)36-26)33-25-20(28(29,30)31)13-32-27(35-25)34-21-11-16(3)23(18-7-9-37(5)10-8-18)19-12-17(4)40-24(19)21/h11,13-15,17-18H,7-10,12H2,1-6H3,(H2,32,33,34,35)/t17-/m1/s1. The van der Waals surface area contributed by atoms with Crippen molar-refractivity contribution in [2.45, 2.75) is 71.3 Å². The van der Waals surface area contributed by atoms with Gasteiger partial charge in [0.25, 0.3) is 5.88 Å². The SMILES string of the molecule is Cc1cc(Nc2ncc(C(F)(F)F)c(Nc3cn(C)nc3OC(C)C)n2)c2c(c1C1CCN(C)CC1)C[C@@H](C)O2. The molecule has 40 heavy (non-hydrogen) atoms. The fraction of sp³-hybridized carbons (Fsp3) is 0.536. The van der Waals surface area contributed by atoms with Gasteiger partial charge in [-0.15, -0.1) is 5.10 Å². The molecule has 2 N–H and O–H groups in total. The molecule has 1 aromatic carbocycles. The first-order chi connectivity index (χ1) is 18.9. The van der Waals surface area contributed by atoms with E-state index in [1.54, 1.807) is 13.2 Å². The molecule has 9 nitrogen and oxygen atoms in total. The van der Waals surface area contributed by atoms with E-state index in [-0.39, 0.29) is 29.7 Å². The Morgan fingerprint density at radius 2 is 1.85 bits per heavy atom. The van der Waals surface area contributed by atoms with Crippen molar-refractivity contribution in [3.05, 3.63) is 40.7 Å². The third-order valence-electron chi connectivity index (χ3n) is 7.30. The Kier molecular flexibility index (Phi) is 7.56. The number of alkyl halides is 3. The molecule has 5 rings (SSSR count). The fourth-order valence-corrected chi connectivity index (χ4v) is 5.57. The van der Waals surface area contributed by atoms with Crippen molar-refractivity contribution in [1.29, 1.82) is 0 Å². The van der Waals surface area contributed by atoms with E-state index in [1.807, 2.05) is 26.8 Å². The first-order valence-electron chi connectivity index (χ1n) is 13.6. The molecule has 12 heteroatoms. The quantitative estimate of drug-likeness (QED) is 0.368. The van der Waals surface area contributed by atoms with Crippen molar-refractivity contribution in [3.63, 3.8) is 0 Å². The number of fused-ring (bicyclic) bond motifs is 1. The Bertz CT molecular complexity index is 1380. The van der Waals surface area contributed by atoms with Crippen molar-refractivity contribution in [2.75, 3.05) is 30.8 Å². The molecule has 2 aromatic heterocycles. The molecule has 2 aliphatic heterocycles. The van der Waals surface area contributed by atoms with Gasteiger partial charge in [-0.1, -0.05) is 0 Å². The Balaban J connectivity index is 1.50. The highest BCUT2D eigenvalue weighted by Crippen LogP contribution is 2.46. The van der Waals surface area contributed by atoms with Gasteiger partial charge in [-0.2, -0.15) is 18.2 Å². The van der Waals surface area contributed by atoms with E-state index in [9.17, 15) is 13.2 Å². The molecule has 0 amide bonds. The van der Waals surface area contributed by atoms with E-state index in [2.05, 4.69) is 44.6 Å². The Labute approximate surface area is 232 Å². The van der Waals surface area contributed by atoms with E-state index >= 15 is 0 Å². The average molecular weight is 560 g/mol. The van der Waals surface area contributed by atoms with Crippen LogP contribution in [0.2, 0.25) is 0 Å². The van der Waals surface area contributed by atoms with Gasteiger partial charge in [0.15, 0.2) is 0 Å². The number of rotatable bonds is 7. The third kappa shape index (κ3) is 5.81. The second-order valence-electron chi connectivity index (χ2n) is 11.1. The van der Waals surface area contributed by atoms with E-state index in [1.165, 1.54) is 15.8 Å². The lowest BCUT2D eigenvalue weighted by Gasteiger charge is -2.31. The first kappa shape index (κ1) is 28.0. The first-order valence-corrected chi connectivity index (χ1v) is 13.6. The number of aryl methyl sites for hydroxylation is 2. The maximum absolute atomic E-state index is 13.9. The number of hydrogen-bond donors (Lipinski definition) is 2. The lowest BCUT2D eigenvalue weighted by atomic mass is 9.82. The van der Waals surface area contributed by atoms with Crippen LogP contribution in [0.15, 0.2) is 18.5 Å². The molecular weight excluding hydrogens is 523 g/mol. The van der Waals surface area contributed by atoms with Gasteiger partial charge in [-0.25, -0.2) is 4.98 Å². The second kappa shape index (κ2) is 10.8. The molecule has 1 fully saturated rings. The van der Waals surface area contributed by atoms with Gasteiger partial charge in [0, 0.05) is 25.2 Å². The van der Waals surface area contributed by atoms with E-state index in [0.717, 1.165) is 49.9 Å². The van der Waals surface area contributed by atoms with Gasteiger partial charge >= 0.3 is 6.18 Å². The van der Waals surface area contributed by atoms with Crippen LogP contribution in [0.5, 0.6) is 11.6 Å². The molecule has 3 aromatic rings. The van der Waals surface area contributed by atoms with Gasteiger partial charge in [0.05, 0.1) is 18.0 Å². The molecule has 0 bridgehead atoms. The lowest BCUT2D eigenvalue weighted by molar-refractivity contribution is -0.137. The van der Waals surface area contributed by atoms with Crippen molar-refractivity contribution in [1.82, 2.24) is 24.6 Å². The van der Waals surface area contributed by atoms with Crippen molar-refractivity contribution in [2.24, 2.45) is 7.05 Å². The number of hydrogen-bond acceptors (Lipinski definition) is 8. The molecule has 0 radical (unpaired) electrons. The highest BCUT2D eigenvalue weighted by molar-refractivity contribution is 5.72. The van der Waals surface area contributed by atoms with Crippen LogP contribution in [0.3, 0.4) is 0 Å². The molecule has 0 unspecified atom stereocenters. The summed E-state index contributed by atoms with van der Waals surface area (Å²) in [5, 5.41) is 10.1. The van der Waals surface area contributed by atoms with Crippen LogP contribution < -0.4 is 20.1 Å². The third-order valence-corrected chi connectivity index (χ3v) is 7.30. The number of nitrogens with one attached hydrogen (secondary N) is 2. The monoisotopic (exact) mass is 559 g/mol. The Morgan fingerprint density at radius 1 is 1.12 bits per heavy atom. The summed E-state index contributed by atoms with van der Waals surface area (Å²) in [6, 6.07) is 1.99. The number of ether oxygens (including phenoxy) is 2. The van der Waals surface area contributed by atoms with Crippen LogP contribution in [0.1, 0.15) is 61.8 Å². The molecule has 2 aliphatic rings.